The zero-order valence-corrected chi connectivity index (χ0v) is 25.1. The van der Waals surface area contributed by atoms with Crippen LogP contribution in [0.15, 0.2) is 122 Å². The number of pyridine rings is 1. The van der Waals surface area contributed by atoms with Gasteiger partial charge in [-0.1, -0.05) is 73.7 Å². The fraction of sp³-hybridized carbons (Fsp3) is 0.0833. The van der Waals surface area contributed by atoms with Crippen LogP contribution in [-0.4, -0.2) is 15.0 Å². The molecule has 3 nitrogen and oxygen atoms in total. The minimum atomic E-state index is 0. The number of hydrogen-bond donors (Lipinski definition) is 0. The topological polar surface area (TPSA) is 38.7 Å². The molecule has 6 aromatic rings. The predicted octanol–water partition coefficient (Wildman–Crippen LogP) is 8.75. The molecule has 0 atom stereocenters. The summed E-state index contributed by atoms with van der Waals surface area (Å²) in [5.41, 5.74) is 11.1. The predicted molar refractivity (Wildman–Crippen MR) is 160 cm³/mol. The third-order valence-electron chi connectivity index (χ3n) is 6.38. The number of nitrogens with zero attached hydrogens (tertiary/aromatic N) is 3. The van der Waals surface area contributed by atoms with E-state index in [1.807, 2.05) is 55.6 Å². The molecule has 0 amide bonds. The minimum Gasteiger partial charge on any atom is -0.304 e. The van der Waals surface area contributed by atoms with Gasteiger partial charge in [0.15, 0.2) is 0 Å². The SMILES string of the molecule is Cc1c[c-]c(-c2cc(-c3ccccc3)c(C)cn2)cc1.Cc1ccnc(-c2[c-]ccc(-c3ccccc3)c2)n1.[Ir]. The molecule has 4 heteroatoms. The summed E-state index contributed by atoms with van der Waals surface area (Å²) < 4.78 is 0. The summed E-state index contributed by atoms with van der Waals surface area (Å²) in [4.78, 5) is 13.3. The van der Waals surface area contributed by atoms with Crippen molar-refractivity contribution < 1.29 is 20.1 Å². The van der Waals surface area contributed by atoms with Gasteiger partial charge in [0.1, 0.15) is 0 Å². The molecule has 0 unspecified atom stereocenters. The second-order valence-electron chi connectivity index (χ2n) is 9.41. The molecule has 0 aliphatic carbocycles. The molecule has 0 bridgehead atoms. The fourth-order valence-corrected chi connectivity index (χ4v) is 4.25. The van der Waals surface area contributed by atoms with Crippen LogP contribution in [0.25, 0.3) is 44.9 Å². The van der Waals surface area contributed by atoms with Crippen LogP contribution in [0.5, 0.6) is 0 Å². The van der Waals surface area contributed by atoms with Crippen LogP contribution in [0.1, 0.15) is 16.8 Å². The molecule has 40 heavy (non-hydrogen) atoms. The Morgan fingerprint density at radius 1 is 0.625 bits per heavy atom. The summed E-state index contributed by atoms with van der Waals surface area (Å²) in [6.07, 6.45) is 3.71. The Bertz CT molecular complexity index is 1660. The van der Waals surface area contributed by atoms with Gasteiger partial charge in [0.2, 0.25) is 0 Å². The van der Waals surface area contributed by atoms with E-state index in [0.29, 0.717) is 0 Å². The summed E-state index contributed by atoms with van der Waals surface area (Å²) in [6.45, 7) is 6.13. The maximum absolute atomic E-state index is 4.53. The number of aromatic nitrogens is 3. The van der Waals surface area contributed by atoms with Crippen molar-refractivity contribution >= 4 is 0 Å². The zero-order chi connectivity index (χ0) is 27.0. The van der Waals surface area contributed by atoms with Crippen LogP contribution in [0.3, 0.4) is 0 Å². The van der Waals surface area contributed by atoms with Crippen molar-refractivity contribution in [2.45, 2.75) is 20.8 Å². The Labute approximate surface area is 250 Å². The summed E-state index contributed by atoms with van der Waals surface area (Å²) in [7, 11) is 0. The second-order valence-corrected chi connectivity index (χ2v) is 9.41. The van der Waals surface area contributed by atoms with Crippen LogP contribution in [-0.2, 0) is 20.1 Å². The second kappa shape index (κ2) is 13.7. The van der Waals surface area contributed by atoms with Crippen LogP contribution < -0.4 is 0 Å². The van der Waals surface area contributed by atoms with Gasteiger partial charge < -0.3 is 4.98 Å². The van der Waals surface area contributed by atoms with E-state index >= 15 is 0 Å². The van der Waals surface area contributed by atoms with E-state index in [1.54, 1.807) is 6.20 Å². The maximum atomic E-state index is 4.53. The van der Waals surface area contributed by atoms with E-state index in [9.17, 15) is 0 Å². The third-order valence-corrected chi connectivity index (χ3v) is 6.38. The first-order valence-corrected chi connectivity index (χ1v) is 12.9. The average Bonchev–Trinajstić information content (AvgIpc) is 2.99. The van der Waals surface area contributed by atoms with E-state index in [-0.39, 0.29) is 20.1 Å². The van der Waals surface area contributed by atoms with Gasteiger partial charge in [-0.2, -0.15) is 0 Å². The number of hydrogen-bond acceptors (Lipinski definition) is 3. The molecule has 6 rings (SSSR count). The van der Waals surface area contributed by atoms with Crippen molar-refractivity contribution in [3.8, 4) is 44.9 Å². The van der Waals surface area contributed by atoms with Gasteiger partial charge in [-0.05, 0) is 47.9 Å². The summed E-state index contributed by atoms with van der Waals surface area (Å²) in [5.74, 6) is 0.720. The molecule has 0 saturated carbocycles. The summed E-state index contributed by atoms with van der Waals surface area (Å²) >= 11 is 0. The van der Waals surface area contributed by atoms with E-state index in [4.69, 9.17) is 0 Å². The van der Waals surface area contributed by atoms with Crippen LogP contribution >= 0.6 is 0 Å². The number of benzene rings is 4. The van der Waals surface area contributed by atoms with Gasteiger partial charge in [0, 0.05) is 38.2 Å². The Kier molecular flexibility index (Phi) is 9.86. The molecule has 0 aliphatic heterocycles. The van der Waals surface area contributed by atoms with Gasteiger partial charge in [-0.15, -0.1) is 70.8 Å². The monoisotopic (exact) mass is 696 g/mol. The molecule has 4 aromatic carbocycles. The Morgan fingerprint density at radius 3 is 2.02 bits per heavy atom. The quantitative estimate of drug-likeness (QED) is 0.173. The molecule has 2 aromatic heterocycles. The molecule has 1 radical (unpaired) electrons. The third kappa shape index (κ3) is 7.24. The van der Waals surface area contributed by atoms with Crippen molar-refractivity contribution in [1.29, 1.82) is 0 Å². The Hall–Kier alpha value is -4.24. The van der Waals surface area contributed by atoms with Crippen molar-refractivity contribution in [1.82, 2.24) is 15.0 Å². The van der Waals surface area contributed by atoms with Crippen molar-refractivity contribution in [2.24, 2.45) is 0 Å². The molecule has 0 saturated heterocycles. The van der Waals surface area contributed by atoms with Crippen molar-refractivity contribution in [2.75, 3.05) is 0 Å². The molecule has 0 N–H and O–H groups in total. The summed E-state index contributed by atoms with van der Waals surface area (Å²) in [6, 6.07) is 43.4. The average molecular weight is 696 g/mol. The van der Waals surface area contributed by atoms with Crippen LogP contribution in [0, 0.1) is 32.9 Å². The molecular weight excluding hydrogens is 667 g/mol. The number of rotatable bonds is 4. The number of aryl methyl sites for hydroxylation is 3. The Morgan fingerprint density at radius 2 is 1.35 bits per heavy atom. The van der Waals surface area contributed by atoms with Crippen LogP contribution in [0.2, 0.25) is 0 Å². The molecule has 0 spiro atoms. The normalized spacial score (nSPS) is 10.2. The molecular formula is C36H29IrN3-2. The largest absolute Gasteiger partial charge is 0.304 e. The molecule has 0 fully saturated rings. The van der Waals surface area contributed by atoms with Gasteiger partial charge in [-0.3, -0.25) is 9.97 Å². The van der Waals surface area contributed by atoms with Crippen molar-refractivity contribution in [3.05, 3.63) is 151 Å². The van der Waals surface area contributed by atoms with Gasteiger partial charge in [0.05, 0.1) is 5.82 Å². The molecule has 2 heterocycles. The van der Waals surface area contributed by atoms with E-state index in [1.165, 1.54) is 27.8 Å². The maximum Gasteiger partial charge on any atom is 0.0751 e. The minimum absolute atomic E-state index is 0. The summed E-state index contributed by atoms with van der Waals surface area (Å²) in [5, 5.41) is 0. The smallest absolute Gasteiger partial charge is 0.0751 e. The van der Waals surface area contributed by atoms with E-state index < -0.39 is 0 Å². The fourth-order valence-electron chi connectivity index (χ4n) is 4.25. The Balaban J connectivity index is 0.000000181. The molecule has 0 aliphatic rings. The van der Waals surface area contributed by atoms with Crippen molar-refractivity contribution in [3.63, 3.8) is 0 Å². The van der Waals surface area contributed by atoms with Gasteiger partial charge in [-0.25, -0.2) is 0 Å². The zero-order valence-electron chi connectivity index (χ0n) is 22.7. The first kappa shape index (κ1) is 28.8. The molecule has 199 valence electrons. The van der Waals surface area contributed by atoms with Gasteiger partial charge in [0.25, 0.3) is 0 Å². The first-order valence-electron chi connectivity index (χ1n) is 12.9. The van der Waals surface area contributed by atoms with Crippen LogP contribution in [0.4, 0.5) is 0 Å². The van der Waals surface area contributed by atoms with Gasteiger partial charge >= 0.3 is 0 Å². The first-order chi connectivity index (χ1) is 19.1. The van der Waals surface area contributed by atoms with E-state index in [0.717, 1.165) is 33.9 Å². The van der Waals surface area contributed by atoms with E-state index in [2.05, 4.69) is 108 Å². The standard InChI is InChI=1S/C19H16N.C17H13N2.Ir/c1-14-8-10-17(11-9-14)19-12-18(15(2)13-20-19)16-6-4-3-5-7-16;1-13-10-11-18-17(19-13)16-9-5-8-15(12-16)14-6-3-2-4-7-14;/h3-10,12-13H,1-2H3;2-8,10-12H,1H3;/q2*-1;.